The van der Waals surface area contributed by atoms with Gasteiger partial charge in [-0.15, -0.1) is 0 Å². The van der Waals surface area contributed by atoms with Crippen molar-refractivity contribution in [3.8, 4) is 11.1 Å². The number of nitrogens with zero attached hydrogens (tertiary/aromatic N) is 2. The van der Waals surface area contributed by atoms with E-state index in [1.165, 1.54) is 11.1 Å². The predicted molar refractivity (Wildman–Crippen MR) is 153 cm³/mol. The zero-order chi connectivity index (χ0) is 26.1. The van der Waals surface area contributed by atoms with E-state index in [1.807, 2.05) is 66.2 Å². The highest BCUT2D eigenvalue weighted by Gasteiger charge is 2.22. The fraction of sp³-hybridized carbons (Fsp3) is 0.206. The lowest BCUT2D eigenvalue weighted by molar-refractivity contribution is 0.0991. The highest BCUT2D eigenvalue weighted by Crippen LogP contribution is 2.29. The number of fused-ring (bicyclic) bond motifs is 2. The molecule has 1 aliphatic rings. The van der Waals surface area contributed by atoms with E-state index in [9.17, 15) is 9.59 Å². The van der Waals surface area contributed by atoms with E-state index in [0.29, 0.717) is 23.5 Å². The first-order valence-corrected chi connectivity index (χ1v) is 13.4. The average molecular weight is 499 g/mol. The molecule has 5 aromatic rings. The van der Waals surface area contributed by atoms with E-state index in [1.54, 1.807) is 6.20 Å². The lowest BCUT2D eigenvalue weighted by atomic mass is 9.96. The van der Waals surface area contributed by atoms with Crippen LogP contribution in [0.25, 0.3) is 22.2 Å². The van der Waals surface area contributed by atoms with E-state index < -0.39 is 0 Å². The Balaban J connectivity index is 1.26. The molecule has 0 aliphatic heterocycles. The maximum Gasteiger partial charge on any atom is 0.201 e. The second-order valence-electron chi connectivity index (χ2n) is 10.3. The Kier molecular flexibility index (Phi) is 6.47. The molecule has 0 radical (unpaired) electrons. The Labute approximate surface area is 222 Å². The van der Waals surface area contributed by atoms with Crippen molar-refractivity contribution in [1.29, 1.82) is 0 Å². The monoisotopic (exact) mass is 498 g/mol. The third-order valence-corrected chi connectivity index (χ3v) is 7.70. The van der Waals surface area contributed by atoms with Gasteiger partial charge in [-0.05, 0) is 71.6 Å². The second-order valence-corrected chi connectivity index (χ2v) is 10.3. The van der Waals surface area contributed by atoms with Crippen LogP contribution >= 0.6 is 0 Å². The van der Waals surface area contributed by atoms with Crippen LogP contribution < -0.4 is 5.43 Å². The molecule has 0 unspecified atom stereocenters. The van der Waals surface area contributed by atoms with E-state index in [0.717, 1.165) is 41.5 Å². The maximum atomic E-state index is 13.6. The quantitative estimate of drug-likeness (QED) is 0.242. The summed E-state index contributed by atoms with van der Waals surface area (Å²) in [6, 6.07) is 28.7. The summed E-state index contributed by atoms with van der Waals surface area (Å²) in [7, 11) is 0. The average Bonchev–Trinajstić information content (AvgIpc) is 3.36. The number of benzene rings is 3. The van der Waals surface area contributed by atoms with E-state index in [4.69, 9.17) is 0 Å². The summed E-state index contributed by atoms with van der Waals surface area (Å²) < 4.78 is 1.91. The van der Waals surface area contributed by atoms with Gasteiger partial charge in [-0.2, -0.15) is 0 Å². The minimum atomic E-state index is -0.223. The van der Waals surface area contributed by atoms with Gasteiger partial charge in [0.1, 0.15) is 5.65 Å². The maximum absolute atomic E-state index is 13.6. The van der Waals surface area contributed by atoms with Crippen molar-refractivity contribution in [2.75, 3.05) is 0 Å². The molecule has 0 amide bonds. The lowest BCUT2D eigenvalue weighted by Gasteiger charge is -2.13. The van der Waals surface area contributed by atoms with Crippen LogP contribution in [0.5, 0.6) is 0 Å². The van der Waals surface area contributed by atoms with Gasteiger partial charge in [0.05, 0.1) is 10.9 Å². The lowest BCUT2D eigenvalue weighted by Crippen LogP contribution is -2.21. The van der Waals surface area contributed by atoms with Gasteiger partial charge in [0.2, 0.25) is 5.43 Å². The zero-order valence-electron chi connectivity index (χ0n) is 21.6. The first-order chi connectivity index (χ1) is 18.6. The summed E-state index contributed by atoms with van der Waals surface area (Å²) in [5.41, 5.74) is 7.67. The number of pyridine rings is 2. The molecule has 1 aliphatic carbocycles. The zero-order valence-corrected chi connectivity index (χ0v) is 21.6. The molecule has 6 rings (SSSR count). The molecular formula is C34H30N2O2. The Morgan fingerprint density at radius 1 is 0.868 bits per heavy atom. The van der Waals surface area contributed by atoms with Crippen molar-refractivity contribution in [2.45, 2.75) is 39.2 Å². The van der Waals surface area contributed by atoms with Crippen molar-refractivity contribution in [2.24, 2.45) is 5.92 Å². The highest BCUT2D eigenvalue weighted by molar-refractivity contribution is 5.99. The van der Waals surface area contributed by atoms with Crippen molar-refractivity contribution < 1.29 is 4.79 Å². The van der Waals surface area contributed by atoms with Crippen molar-refractivity contribution in [1.82, 2.24) is 9.55 Å². The number of hydrogen-bond donors (Lipinski definition) is 0. The van der Waals surface area contributed by atoms with Crippen LogP contribution in [-0.2, 0) is 32.2 Å². The number of carbonyl (C=O) groups is 1. The number of ketones is 1. The molecule has 0 fully saturated rings. The first-order valence-electron chi connectivity index (χ1n) is 13.4. The molecule has 0 bridgehead atoms. The van der Waals surface area contributed by atoms with Crippen LogP contribution in [0.1, 0.15) is 39.5 Å². The third kappa shape index (κ3) is 4.70. The fourth-order valence-corrected chi connectivity index (χ4v) is 5.72. The molecule has 0 saturated heterocycles. The van der Waals surface area contributed by atoms with E-state index in [2.05, 4.69) is 41.4 Å². The van der Waals surface area contributed by atoms with E-state index >= 15 is 0 Å². The number of Topliss-reactive ketones (excluding diaryl/α,β-unsaturated/α-hetero) is 1. The van der Waals surface area contributed by atoms with Gasteiger partial charge in [0, 0.05) is 25.4 Å². The molecule has 2 aromatic heterocycles. The number of carbonyl (C=O) groups excluding carboxylic acids is 1. The predicted octanol–water partition coefficient (Wildman–Crippen LogP) is 6.47. The van der Waals surface area contributed by atoms with Gasteiger partial charge < -0.3 is 4.57 Å². The van der Waals surface area contributed by atoms with Crippen LogP contribution in [-0.4, -0.2) is 15.3 Å². The minimum absolute atomic E-state index is 0.164. The van der Waals surface area contributed by atoms with Gasteiger partial charge in [-0.1, -0.05) is 78.9 Å². The van der Waals surface area contributed by atoms with Crippen LogP contribution in [0.2, 0.25) is 0 Å². The van der Waals surface area contributed by atoms with Gasteiger partial charge in [-0.25, -0.2) is 4.98 Å². The molecule has 0 atom stereocenters. The summed E-state index contributed by atoms with van der Waals surface area (Å²) in [4.78, 5) is 31.6. The van der Waals surface area contributed by atoms with Crippen molar-refractivity contribution in [3.05, 3.63) is 135 Å². The summed E-state index contributed by atoms with van der Waals surface area (Å²) in [6.07, 6.45) is 6.74. The van der Waals surface area contributed by atoms with Crippen LogP contribution in [0.3, 0.4) is 0 Å². The molecule has 188 valence electrons. The summed E-state index contributed by atoms with van der Waals surface area (Å²) in [6.45, 7) is 2.64. The topological polar surface area (TPSA) is 52.0 Å². The summed E-state index contributed by atoms with van der Waals surface area (Å²) in [5, 5.41) is 0.533. The first kappa shape index (κ1) is 24.1. The molecule has 0 N–H and O–H groups in total. The number of rotatable bonds is 7. The van der Waals surface area contributed by atoms with Gasteiger partial charge in [0.15, 0.2) is 5.78 Å². The fourth-order valence-electron chi connectivity index (χ4n) is 5.72. The van der Waals surface area contributed by atoms with Gasteiger partial charge >= 0.3 is 0 Å². The summed E-state index contributed by atoms with van der Waals surface area (Å²) >= 11 is 0. The standard InChI is InChI=1S/C34H30N2O2/c1-2-36-22-31(32(37)20-23-12-14-27(15-13-23)26-8-4-3-5-9-26)33(38)30-19-25(21-35-34(30)36)16-24-17-28-10-6-7-11-29(28)18-24/h3-15,19,21-22,24H,2,16-18,20H2,1H3. The number of hydrogen-bond acceptors (Lipinski definition) is 3. The normalized spacial score (nSPS) is 13.1. The van der Waals surface area contributed by atoms with Crippen LogP contribution in [0, 0.1) is 5.92 Å². The Bertz CT molecular complexity index is 1660. The largest absolute Gasteiger partial charge is 0.332 e. The second kappa shape index (κ2) is 10.2. The highest BCUT2D eigenvalue weighted by atomic mass is 16.1. The van der Waals surface area contributed by atoms with E-state index in [-0.39, 0.29) is 23.2 Å². The minimum Gasteiger partial charge on any atom is -0.332 e. The van der Waals surface area contributed by atoms with Gasteiger partial charge in [0.25, 0.3) is 0 Å². The molecule has 38 heavy (non-hydrogen) atoms. The molecular weight excluding hydrogens is 468 g/mol. The molecule has 3 aromatic carbocycles. The van der Waals surface area contributed by atoms with Crippen LogP contribution in [0.15, 0.2) is 102 Å². The van der Waals surface area contributed by atoms with Crippen molar-refractivity contribution in [3.63, 3.8) is 0 Å². The molecule has 0 spiro atoms. The van der Waals surface area contributed by atoms with Crippen LogP contribution in [0.4, 0.5) is 0 Å². The molecule has 4 nitrogen and oxygen atoms in total. The molecule has 4 heteroatoms. The molecule has 2 heterocycles. The third-order valence-electron chi connectivity index (χ3n) is 7.70. The summed E-state index contributed by atoms with van der Waals surface area (Å²) in [5.74, 6) is 0.340. The Morgan fingerprint density at radius 2 is 1.53 bits per heavy atom. The van der Waals surface area contributed by atoms with Crippen molar-refractivity contribution >= 4 is 16.8 Å². The molecule has 0 saturated carbocycles. The number of aryl methyl sites for hydroxylation is 1. The number of aromatic nitrogens is 2. The Hall–Kier alpha value is -4.31. The Morgan fingerprint density at radius 3 is 2.21 bits per heavy atom. The van der Waals surface area contributed by atoms with Gasteiger partial charge in [-0.3, -0.25) is 9.59 Å². The SMILES string of the molecule is CCn1cc(C(=O)Cc2ccc(-c3ccccc3)cc2)c(=O)c2cc(CC3Cc4ccccc4C3)cnc21. The smallest absolute Gasteiger partial charge is 0.201 e.